The van der Waals surface area contributed by atoms with Crippen LogP contribution >= 0.6 is 0 Å². The molecule has 0 spiro atoms. The van der Waals surface area contributed by atoms with Crippen LogP contribution in [0.3, 0.4) is 0 Å². The van der Waals surface area contributed by atoms with Crippen molar-refractivity contribution in [2.75, 3.05) is 17.7 Å². The molecule has 3 atom stereocenters. The second-order valence-electron chi connectivity index (χ2n) is 5.76. The first-order valence-electron chi connectivity index (χ1n) is 7.14. The molecule has 0 radical (unpaired) electrons. The van der Waals surface area contributed by atoms with Crippen molar-refractivity contribution in [3.8, 4) is 0 Å². The number of ether oxygens (including phenoxy) is 1. The maximum absolute atomic E-state index is 5.87. The van der Waals surface area contributed by atoms with Crippen molar-refractivity contribution in [2.45, 2.75) is 57.3 Å². The first kappa shape index (κ1) is 12.7. The van der Waals surface area contributed by atoms with Gasteiger partial charge in [-0.25, -0.2) is 9.97 Å². The van der Waals surface area contributed by atoms with Crippen LogP contribution in [0.5, 0.6) is 0 Å². The summed E-state index contributed by atoms with van der Waals surface area (Å²) in [4.78, 5) is 9.09. The van der Waals surface area contributed by atoms with Crippen molar-refractivity contribution in [3.05, 3.63) is 11.9 Å². The second-order valence-corrected chi connectivity index (χ2v) is 5.76. The minimum absolute atomic E-state index is 0.324. The average Bonchev–Trinajstić information content (AvgIpc) is 3.00. The number of anilines is 2. The molecule has 2 saturated heterocycles. The molecule has 5 nitrogen and oxygen atoms in total. The van der Waals surface area contributed by atoms with Crippen molar-refractivity contribution in [3.63, 3.8) is 0 Å². The molecule has 2 bridgehead atoms. The van der Waals surface area contributed by atoms with Crippen molar-refractivity contribution < 1.29 is 4.74 Å². The molecule has 1 aromatic heterocycles. The molecule has 3 unspecified atom stereocenters. The molecule has 2 fully saturated rings. The van der Waals surface area contributed by atoms with Crippen molar-refractivity contribution >= 4 is 11.6 Å². The molecule has 0 aliphatic carbocycles. The minimum Gasteiger partial charge on any atom is -0.373 e. The van der Waals surface area contributed by atoms with E-state index in [4.69, 9.17) is 4.74 Å². The largest absolute Gasteiger partial charge is 0.373 e. The van der Waals surface area contributed by atoms with Crippen molar-refractivity contribution in [1.82, 2.24) is 9.97 Å². The molecule has 5 heteroatoms. The molecule has 2 aliphatic rings. The van der Waals surface area contributed by atoms with Gasteiger partial charge in [0.1, 0.15) is 17.5 Å². The Morgan fingerprint density at radius 2 is 2.05 bits per heavy atom. The van der Waals surface area contributed by atoms with E-state index in [9.17, 15) is 0 Å². The number of hydrogen-bond acceptors (Lipinski definition) is 5. The molecule has 19 heavy (non-hydrogen) atoms. The van der Waals surface area contributed by atoms with Gasteiger partial charge in [-0.2, -0.15) is 0 Å². The van der Waals surface area contributed by atoms with Gasteiger partial charge in [-0.05, 0) is 19.3 Å². The topological polar surface area (TPSA) is 59.1 Å². The van der Waals surface area contributed by atoms with E-state index in [0.29, 0.717) is 24.2 Å². The molecule has 0 aromatic carbocycles. The van der Waals surface area contributed by atoms with Gasteiger partial charge in [-0.1, -0.05) is 13.8 Å². The normalized spacial score (nSPS) is 28.9. The fourth-order valence-electron chi connectivity index (χ4n) is 2.91. The first-order valence-corrected chi connectivity index (χ1v) is 7.14. The van der Waals surface area contributed by atoms with Crippen LogP contribution in [-0.4, -0.2) is 35.3 Å². The van der Waals surface area contributed by atoms with Gasteiger partial charge in [-0.15, -0.1) is 0 Å². The summed E-state index contributed by atoms with van der Waals surface area (Å²) < 4.78 is 5.87. The number of nitrogens with one attached hydrogen (secondary N) is 2. The highest BCUT2D eigenvalue weighted by Gasteiger charge is 2.40. The van der Waals surface area contributed by atoms with E-state index in [-0.39, 0.29) is 0 Å². The molecule has 3 rings (SSSR count). The van der Waals surface area contributed by atoms with E-state index in [2.05, 4.69) is 34.4 Å². The predicted octanol–water partition coefficient (Wildman–Crippen LogP) is 2.37. The number of fused-ring (bicyclic) bond motifs is 2. The van der Waals surface area contributed by atoms with E-state index in [1.54, 1.807) is 0 Å². The van der Waals surface area contributed by atoms with Crippen LogP contribution in [0, 0.1) is 0 Å². The highest BCUT2D eigenvalue weighted by Crippen LogP contribution is 2.36. The number of rotatable bonds is 4. The average molecular weight is 262 g/mol. The summed E-state index contributed by atoms with van der Waals surface area (Å²) in [7, 11) is 1.89. The molecular weight excluding hydrogens is 240 g/mol. The maximum atomic E-state index is 5.87. The van der Waals surface area contributed by atoms with Gasteiger partial charge in [0.2, 0.25) is 0 Å². The minimum atomic E-state index is 0.324. The summed E-state index contributed by atoms with van der Waals surface area (Å²) in [5.41, 5.74) is 0. The Balaban J connectivity index is 1.78. The molecule has 104 valence electrons. The standard InChI is InChI=1S/C14H22N4O/c1-8(2)14-17-12(15-3)7-13(18-14)16-10-6-9-4-5-11(10)19-9/h7-11H,4-6H2,1-3H3,(H2,15,16,17,18). The zero-order chi connectivity index (χ0) is 13.4. The van der Waals surface area contributed by atoms with E-state index >= 15 is 0 Å². The number of aromatic nitrogens is 2. The van der Waals surface area contributed by atoms with E-state index in [0.717, 1.165) is 23.9 Å². The summed E-state index contributed by atoms with van der Waals surface area (Å²) in [6.45, 7) is 4.22. The monoisotopic (exact) mass is 262 g/mol. The Hall–Kier alpha value is -1.36. The first-order chi connectivity index (χ1) is 9.15. The Bertz CT molecular complexity index is 463. The van der Waals surface area contributed by atoms with Crippen molar-refractivity contribution in [2.24, 2.45) is 0 Å². The van der Waals surface area contributed by atoms with Gasteiger partial charge < -0.3 is 15.4 Å². The molecular formula is C14H22N4O. The summed E-state index contributed by atoms with van der Waals surface area (Å²) in [6.07, 6.45) is 4.30. The third-order valence-electron chi connectivity index (χ3n) is 3.96. The Kier molecular flexibility index (Phi) is 3.31. The van der Waals surface area contributed by atoms with E-state index in [1.165, 1.54) is 12.8 Å². The summed E-state index contributed by atoms with van der Waals surface area (Å²) in [6, 6.07) is 2.37. The molecule has 3 heterocycles. The van der Waals surface area contributed by atoms with Crippen LogP contribution in [0.4, 0.5) is 11.6 Å². The van der Waals surface area contributed by atoms with Gasteiger partial charge >= 0.3 is 0 Å². The predicted molar refractivity (Wildman–Crippen MR) is 75.6 cm³/mol. The second kappa shape index (κ2) is 4.96. The molecule has 0 amide bonds. The summed E-state index contributed by atoms with van der Waals surface area (Å²) in [5, 5.41) is 6.63. The molecule has 2 N–H and O–H groups in total. The van der Waals surface area contributed by atoms with Gasteiger partial charge in [0.15, 0.2) is 0 Å². The smallest absolute Gasteiger partial charge is 0.135 e. The van der Waals surface area contributed by atoms with Crippen LogP contribution in [0.2, 0.25) is 0 Å². The fourth-order valence-corrected chi connectivity index (χ4v) is 2.91. The summed E-state index contributed by atoms with van der Waals surface area (Å²) in [5.74, 6) is 2.97. The van der Waals surface area contributed by atoms with Gasteiger partial charge in [0.25, 0.3) is 0 Å². The van der Waals surface area contributed by atoms with E-state index < -0.39 is 0 Å². The molecule has 2 aliphatic heterocycles. The Morgan fingerprint density at radius 3 is 2.63 bits per heavy atom. The third-order valence-corrected chi connectivity index (χ3v) is 3.96. The van der Waals surface area contributed by atoms with E-state index in [1.807, 2.05) is 13.1 Å². The number of nitrogens with zero attached hydrogens (tertiary/aromatic N) is 2. The molecule has 0 saturated carbocycles. The van der Waals surface area contributed by atoms with Gasteiger partial charge in [0, 0.05) is 19.0 Å². The Morgan fingerprint density at radius 1 is 1.26 bits per heavy atom. The van der Waals surface area contributed by atoms with Gasteiger partial charge in [0.05, 0.1) is 18.2 Å². The SMILES string of the molecule is CNc1cc(NC2CC3CCC2O3)nc(C(C)C)n1. The van der Waals surface area contributed by atoms with Crippen molar-refractivity contribution in [1.29, 1.82) is 0 Å². The third kappa shape index (κ3) is 2.52. The highest BCUT2D eigenvalue weighted by molar-refractivity contribution is 5.48. The molecule has 1 aromatic rings. The summed E-state index contributed by atoms with van der Waals surface area (Å²) >= 11 is 0. The quantitative estimate of drug-likeness (QED) is 0.872. The van der Waals surface area contributed by atoms with Crippen LogP contribution in [0.15, 0.2) is 6.07 Å². The van der Waals surface area contributed by atoms with Gasteiger partial charge in [-0.3, -0.25) is 0 Å². The zero-order valence-electron chi connectivity index (χ0n) is 11.8. The zero-order valence-corrected chi connectivity index (χ0v) is 11.8. The fraction of sp³-hybridized carbons (Fsp3) is 0.714. The maximum Gasteiger partial charge on any atom is 0.135 e. The highest BCUT2D eigenvalue weighted by atomic mass is 16.5. The van der Waals surface area contributed by atoms with Crippen LogP contribution in [-0.2, 0) is 4.74 Å². The van der Waals surface area contributed by atoms with Crippen LogP contribution < -0.4 is 10.6 Å². The Labute approximate surface area is 114 Å². The van der Waals surface area contributed by atoms with Crippen LogP contribution in [0.1, 0.15) is 44.9 Å². The number of hydrogen-bond donors (Lipinski definition) is 2. The lowest BCUT2D eigenvalue weighted by Gasteiger charge is -2.21. The lowest BCUT2D eigenvalue weighted by Crippen LogP contribution is -2.31. The van der Waals surface area contributed by atoms with Crippen LogP contribution in [0.25, 0.3) is 0 Å². The lowest BCUT2D eigenvalue weighted by molar-refractivity contribution is 0.102. The lowest BCUT2D eigenvalue weighted by atomic mass is 9.95.